The average molecular weight is 738 g/mol. The number of rotatable bonds is 10. The van der Waals surface area contributed by atoms with E-state index in [2.05, 4.69) is 85.0 Å². The van der Waals surface area contributed by atoms with Gasteiger partial charge in [0.2, 0.25) is 30.0 Å². The van der Waals surface area contributed by atoms with E-state index in [1.165, 1.54) is 21.6 Å². The second-order valence-electron chi connectivity index (χ2n) is 14.0. The minimum absolute atomic E-state index is 0.162. The number of H-pyrrole nitrogens is 1. The molecule has 0 spiro atoms. The fourth-order valence-electron chi connectivity index (χ4n) is 6.02. The van der Waals surface area contributed by atoms with Gasteiger partial charge in [-0.15, -0.1) is 0 Å². The van der Waals surface area contributed by atoms with Crippen molar-refractivity contribution in [2.24, 2.45) is 0 Å². The Morgan fingerprint density at radius 3 is 2.11 bits per heavy atom. The second kappa shape index (κ2) is 19.3. The molecule has 1 unspecified atom stereocenters. The summed E-state index contributed by atoms with van der Waals surface area (Å²) in [5, 5.41) is 14.8. The van der Waals surface area contributed by atoms with Crippen LogP contribution in [0.5, 0.6) is 0 Å². The van der Waals surface area contributed by atoms with E-state index in [0.717, 1.165) is 28.6 Å². The molecule has 6 rings (SSSR count). The summed E-state index contributed by atoms with van der Waals surface area (Å²) in [5.74, 6) is 0.582. The van der Waals surface area contributed by atoms with Gasteiger partial charge in [-0.1, -0.05) is 77.1 Å². The number of hydrogen-bond donors (Lipinski definition) is 4. The fourth-order valence-corrected chi connectivity index (χ4v) is 6.02. The topological polar surface area (TPSA) is 174 Å². The van der Waals surface area contributed by atoms with Gasteiger partial charge in [0.15, 0.2) is 5.82 Å². The van der Waals surface area contributed by atoms with Crippen LogP contribution in [0.1, 0.15) is 100 Å². The lowest BCUT2D eigenvalue weighted by Crippen LogP contribution is -2.49. The highest BCUT2D eigenvalue weighted by molar-refractivity contribution is 6.08. The summed E-state index contributed by atoms with van der Waals surface area (Å²) in [6, 6.07) is 22.0. The summed E-state index contributed by atoms with van der Waals surface area (Å²) < 4.78 is 0. The molecule has 4 aromatic rings. The Bertz CT molecular complexity index is 1940. The average Bonchev–Trinajstić information content (AvgIpc) is 3.57. The van der Waals surface area contributed by atoms with Gasteiger partial charge in [0.25, 0.3) is 0 Å². The predicted octanol–water partition coefficient (Wildman–Crippen LogP) is 5.81. The standard InChI is InChI=1S/C14H20N2O2.C14H17NO2.C13H14N4O2/c1-11(2)12-4-6-13(7-5-12)16(3)9-8-14(18)15-10-17;1-9(2)10-3-5-11(6-4-10)12-7-8-13(16)15-14(12)17;1-2-8-3-4-9-10(7-8)15-16-12(9)17-6-5-11(18)14-13(17)19/h4-7,10-11H,8-9H2,1-3H3,(H,15,17,18);3-6,9,12H,7-8H2,1-2H3,(H,15,16,17);3-4,7H,2,5-6H2,1H3,(H,15,16)(H,14,18,19). The second-order valence-corrected chi connectivity index (χ2v) is 14.0. The van der Waals surface area contributed by atoms with Crippen LogP contribution in [0.2, 0.25) is 0 Å². The lowest BCUT2D eigenvalue weighted by atomic mass is 9.89. The molecule has 2 saturated heterocycles. The zero-order valence-electron chi connectivity index (χ0n) is 31.9. The summed E-state index contributed by atoms with van der Waals surface area (Å²) in [4.78, 5) is 70.4. The van der Waals surface area contributed by atoms with Crippen LogP contribution in [0, 0.1) is 0 Å². The monoisotopic (exact) mass is 737 g/mol. The van der Waals surface area contributed by atoms with Gasteiger partial charge in [0, 0.05) is 50.5 Å². The molecule has 54 heavy (non-hydrogen) atoms. The number of aromatic amines is 1. The molecule has 7 amide bonds. The van der Waals surface area contributed by atoms with Gasteiger partial charge in [-0.2, -0.15) is 5.10 Å². The molecule has 2 aliphatic heterocycles. The molecule has 3 aromatic carbocycles. The number of urea groups is 1. The lowest BCUT2D eigenvalue weighted by Gasteiger charge is -2.24. The van der Waals surface area contributed by atoms with E-state index in [4.69, 9.17) is 0 Å². The highest BCUT2D eigenvalue weighted by Crippen LogP contribution is 2.27. The first-order valence-electron chi connectivity index (χ1n) is 18.4. The Morgan fingerprint density at radius 2 is 1.54 bits per heavy atom. The lowest BCUT2D eigenvalue weighted by molar-refractivity contribution is -0.134. The van der Waals surface area contributed by atoms with E-state index in [1.807, 2.05) is 54.4 Å². The molecule has 13 heteroatoms. The van der Waals surface area contributed by atoms with Crippen LogP contribution in [0.25, 0.3) is 10.9 Å². The maximum atomic E-state index is 11.8. The molecule has 0 bridgehead atoms. The minimum Gasteiger partial charge on any atom is -0.374 e. The van der Waals surface area contributed by atoms with Gasteiger partial charge in [0.1, 0.15) is 0 Å². The van der Waals surface area contributed by atoms with E-state index in [9.17, 15) is 28.8 Å². The third-order valence-corrected chi connectivity index (χ3v) is 9.46. The smallest absolute Gasteiger partial charge is 0.329 e. The number of aromatic nitrogens is 2. The molecule has 0 aliphatic carbocycles. The van der Waals surface area contributed by atoms with Crippen molar-refractivity contribution in [2.75, 3.05) is 29.9 Å². The van der Waals surface area contributed by atoms with Crippen molar-refractivity contribution in [1.29, 1.82) is 0 Å². The van der Waals surface area contributed by atoms with Crippen LogP contribution in [0.4, 0.5) is 16.3 Å². The zero-order valence-corrected chi connectivity index (χ0v) is 31.9. The normalized spacial score (nSPS) is 15.5. The number of nitrogens with zero attached hydrogens (tertiary/aromatic N) is 3. The molecule has 2 aliphatic rings. The number of fused-ring (bicyclic) bond motifs is 1. The SMILES string of the molecule is CC(C)c1ccc(C2CCC(=O)NC2=O)cc1.CC(C)c1ccc(N(C)CCC(=O)NC=O)cc1.CCc1ccc2c(N3CCC(=O)NC3=O)n[nH]c2c1. The van der Waals surface area contributed by atoms with E-state index in [0.29, 0.717) is 62.8 Å². The van der Waals surface area contributed by atoms with Gasteiger partial charge in [-0.25, -0.2) is 4.79 Å². The number of anilines is 2. The van der Waals surface area contributed by atoms with Crippen LogP contribution >= 0.6 is 0 Å². The minimum atomic E-state index is -0.413. The number of imide groups is 3. The van der Waals surface area contributed by atoms with Crippen LogP contribution in [0.3, 0.4) is 0 Å². The maximum Gasteiger partial charge on any atom is 0.329 e. The van der Waals surface area contributed by atoms with Crippen LogP contribution in [0.15, 0.2) is 66.7 Å². The third-order valence-electron chi connectivity index (χ3n) is 9.46. The van der Waals surface area contributed by atoms with Gasteiger partial charge in [0.05, 0.1) is 11.4 Å². The Labute approximate surface area is 316 Å². The number of carbonyl (C=O) groups excluding carboxylic acids is 6. The molecule has 0 saturated carbocycles. The summed E-state index contributed by atoms with van der Waals surface area (Å²) in [5.41, 5.74) is 6.74. The number of amides is 7. The predicted molar refractivity (Wildman–Crippen MR) is 209 cm³/mol. The third kappa shape index (κ3) is 11.1. The van der Waals surface area contributed by atoms with Gasteiger partial charge in [-0.05, 0) is 71.2 Å². The molecule has 1 atom stereocenters. The molecular weight excluding hydrogens is 686 g/mol. The first kappa shape index (κ1) is 40.9. The highest BCUT2D eigenvalue weighted by Gasteiger charge is 2.28. The van der Waals surface area contributed by atoms with Crippen LogP contribution < -0.4 is 25.8 Å². The van der Waals surface area contributed by atoms with Crippen molar-refractivity contribution in [2.45, 2.75) is 84.5 Å². The number of nitrogens with one attached hydrogen (secondary N) is 4. The fraction of sp³-hybridized carbons (Fsp3) is 0.390. The Balaban J connectivity index is 0.000000181. The Morgan fingerprint density at radius 1 is 0.907 bits per heavy atom. The first-order chi connectivity index (χ1) is 25.8. The van der Waals surface area contributed by atoms with Gasteiger partial charge >= 0.3 is 6.03 Å². The summed E-state index contributed by atoms with van der Waals surface area (Å²) in [6.45, 7) is 11.6. The molecule has 13 nitrogen and oxygen atoms in total. The van der Waals surface area contributed by atoms with Crippen molar-refractivity contribution < 1.29 is 28.8 Å². The quantitative estimate of drug-likeness (QED) is 0.117. The number of aryl methyl sites for hydroxylation is 1. The van der Waals surface area contributed by atoms with Crippen LogP contribution in [-0.4, -0.2) is 66.4 Å². The van der Waals surface area contributed by atoms with E-state index in [-0.39, 0.29) is 29.5 Å². The van der Waals surface area contributed by atoms with Gasteiger partial charge < -0.3 is 4.90 Å². The van der Waals surface area contributed by atoms with Crippen LogP contribution in [-0.2, 0) is 30.4 Å². The van der Waals surface area contributed by atoms with E-state index < -0.39 is 6.03 Å². The molecule has 2 fully saturated rings. The van der Waals surface area contributed by atoms with Gasteiger partial charge in [-0.3, -0.25) is 49.9 Å². The number of carbonyl (C=O) groups is 6. The van der Waals surface area contributed by atoms with Crippen molar-refractivity contribution in [3.05, 3.63) is 89.0 Å². The Kier molecular flexibility index (Phi) is 14.6. The number of hydrogen-bond acceptors (Lipinski definition) is 8. The maximum absolute atomic E-state index is 11.8. The van der Waals surface area contributed by atoms with Crippen molar-refractivity contribution >= 4 is 58.5 Å². The molecule has 4 N–H and O–H groups in total. The molecule has 0 radical (unpaired) electrons. The van der Waals surface area contributed by atoms with Crippen molar-refractivity contribution in [1.82, 2.24) is 26.1 Å². The molecule has 1 aromatic heterocycles. The molecule has 3 heterocycles. The zero-order chi connectivity index (χ0) is 39.4. The van der Waals surface area contributed by atoms with E-state index in [1.54, 1.807) is 0 Å². The largest absolute Gasteiger partial charge is 0.374 e. The van der Waals surface area contributed by atoms with Crippen molar-refractivity contribution in [3.8, 4) is 0 Å². The van der Waals surface area contributed by atoms with E-state index >= 15 is 0 Å². The number of benzene rings is 3. The molecule has 286 valence electrons. The first-order valence-corrected chi connectivity index (χ1v) is 18.4. The summed E-state index contributed by atoms with van der Waals surface area (Å²) >= 11 is 0. The highest BCUT2D eigenvalue weighted by atomic mass is 16.2. The number of piperidine rings is 1. The van der Waals surface area contributed by atoms with Crippen molar-refractivity contribution in [3.63, 3.8) is 0 Å². The summed E-state index contributed by atoms with van der Waals surface area (Å²) in [6.07, 6.45) is 3.02. The summed E-state index contributed by atoms with van der Waals surface area (Å²) in [7, 11) is 1.93. The molecular formula is C41H51N7O6. The Hall–Kier alpha value is -5.85.